The van der Waals surface area contributed by atoms with Crippen LogP contribution in [0.4, 0.5) is 0 Å². The maximum atomic E-state index is 9.65. The maximum absolute atomic E-state index is 9.65. The molecule has 20 heavy (non-hydrogen) atoms. The summed E-state index contributed by atoms with van der Waals surface area (Å²) in [6.07, 6.45) is 0.859. The summed E-state index contributed by atoms with van der Waals surface area (Å²) in [5.41, 5.74) is 3.04. The van der Waals surface area contributed by atoms with E-state index in [-0.39, 0.29) is 5.41 Å². The van der Waals surface area contributed by atoms with Gasteiger partial charge in [0.25, 0.3) is 0 Å². The van der Waals surface area contributed by atoms with E-state index in [2.05, 4.69) is 27.4 Å². The number of benzene rings is 1. The highest BCUT2D eigenvalue weighted by atomic mass is 16.5. The Morgan fingerprint density at radius 2 is 1.90 bits per heavy atom. The molecule has 0 aliphatic carbocycles. The van der Waals surface area contributed by atoms with Gasteiger partial charge in [-0.25, -0.2) is 0 Å². The second-order valence-electron chi connectivity index (χ2n) is 6.19. The highest BCUT2D eigenvalue weighted by molar-refractivity contribution is 6.60. The molecule has 0 spiro atoms. The summed E-state index contributed by atoms with van der Waals surface area (Å²) in [5.74, 6) is 0.530. The summed E-state index contributed by atoms with van der Waals surface area (Å²) in [7, 11) is -1.55. The summed E-state index contributed by atoms with van der Waals surface area (Å²) in [6, 6.07) is 3.83. The standard InChI is InChI=1S/C16H25BO3/c1-7-8-20-15-13(11(2)3)9-12(16(4,5)6)10-14(15)17(18)19/h9-10,18-19H,2,7-8H2,1,3-6H3. The normalized spacial score (nSPS) is 11.3. The molecule has 0 saturated heterocycles. The highest BCUT2D eigenvalue weighted by Crippen LogP contribution is 2.30. The van der Waals surface area contributed by atoms with Gasteiger partial charge < -0.3 is 14.8 Å². The Labute approximate surface area is 122 Å². The molecule has 1 rings (SSSR count). The van der Waals surface area contributed by atoms with Gasteiger partial charge in [0.05, 0.1) is 6.61 Å². The minimum absolute atomic E-state index is 0.0862. The minimum Gasteiger partial charge on any atom is -0.493 e. The molecule has 0 heterocycles. The topological polar surface area (TPSA) is 49.7 Å². The van der Waals surface area contributed by atoms with Crippen LogP contribution in [0, 0.1) is 0 Å². The average Bonchev–Trinajstić information content (AvgIpc) is 2.33. The summed E-state index contributed by atoms with van der Waals surface area (Å²) in [6.45, 7) is 14.7. The number of hydrogen-bond acceptors (Lipinski definition) is 3. The van der Waals surface area contributed by atoms with Crippen molar-refractivity contribution in [2.24, 2.45) is 0 Å². The van der Waals surface area contributed by atoms with Gasteiger partial charge in [0, 0.05) is 11.0 Å². The lowest BCUT2D eigenvalue weighted by Crippen LogP contribution is -2.34. The van der Waals surface area contributed by atoms with Crippen LogP contribution >= 0.6 is 0 Å². The zero-order valence-corrected chi connectivity index (χ0v) is 13.2. The van der Waals surface area contributed by atoms with E-state index in [1.165, 1.54) is 0 Å². The first-order valence-electron chi connectivity index (χ1n) is 7.01. The lowest BCUT2D eigenvalue weighted by atomic mass is 9.73. The van der Waals surface area contributed by atoms with Crippen LogP contribution in [0.3, 0.4) is 0 Å². The molecular weight excluding hydrogens is 251 g/mol. The quantitative estimate of drug-likeness (QED) is 0.812. The monoisotopic (exact) mass is 276 g/mol. The molecule has 0 bridgehead atoms. The summed E-state index contributed by atoms with van der Waals surface area (Å²) >= 11 is 0. The lowest BCUT2D eigenvalue weighted by Gasteiger charge is -2.24. The Morgan fingerprint density at radius 3 is 2.30 bits per heavy atom. The second-order valence-corrected chi connectivity index (χ2v) is 6.19. The van der Waals surface area contributed by atoms with Crippen molar-refractivity contribution >= 4 is 18.2 Å². The average molecular weight is 276 g/mol. The van der Waals surface area contributed by atoms with Crippen LogP contribution < -0.4 is 10.2 Å². The molecule has 0 radical (unpaired) electrons. The van der Waals surface area contributed by atoms with Crippen LogP contribution in [0.25, 0.3) is 5.57 Å². The largest absolute Gasteiger partial charge is 0.493 e. The van der Waals surface area contributed by atoms with Crippen molar-refractivity contribution in [2.75, 3.05) is 6.61 Å². The van der Waals surface area contributed by atoms with Crippen LogP contribution in [0.1, 0.15) is 52.2 Å². The Kier molecular flexibility index (Phi) is 5.43. The molecule has 1 aromatic rings. The predicted octanol–water partition coefficient (Wildman–Crippen LogP) is 2.49. The van der Waals surface area contributed by atoms with E-state index in [1.807, 2.05) is 26.0 Å². The molecule has 4 heteroatoms. The fourth-order valence-corrected chi connectivity index (χ4v) is 1.96. The van der Waals surface area contributed by atoms with Crippen LogP contribution in [0.15, 0.2) is 18.7 Å². The van der Waals surface area contributed by atoms with Gasteiger partial charge in [0.2, 0.25) is 0 Å². The van der Waals surface area contributed by atoms with E-state index < -0.39 is 7.12 Å². The van der Waals surface area contributed by atoms with Crippen molar-refractivity contribution in [3.8, 4) is 5.75 Å². The summed E-state index contributed by atoms with van der Waals surface area (Å²) in [5, 5.41) is 19.3. The molecule has 0 aromatic heterocycles. The van der Waals surface area contributed by atoms with E-state index in [1.54, 1.807) is 0 Å². The van der Waals surface area contributed by atoms with Gasteiger partial charge in [-0.1, -0.05) is 40.3 Å². The predicted molar refractivity (Wildman–Crippen MR) is 85.5 cm³/mol. The van der Waals surface area contributed by atoms with Crippen molar-refractivity contribution in [1.29, 1.82) is 0 Å². The molecule has 0 unspecified atom stereocenters. The Morgan fingerprint density at radius 1 is 1.30 bits per heavy atom. The van der Waals surface area contributed by atoms with Crippen molar-refractivity contribution in [2.45, 2.75) is 46.5 Å². The molecule has 110 valence electrons. The van der Waals surface area contributed by atoms with Crippen LogP contribution in [-0.4, -0.2) is 23.8 Å². The van der Waals surface area contributed by atoms with Gasteiger partial charge in [-0.05, 0) is 36.0 Å². The number of ether oxygens (including phenoxy) is 1. The maximum Gasteiger partial charge on any atom is 0.492 e. The second kappa shape index (κ2) is 6.46. The molecular formula is C16H25BO3. The third-order valence-corrected chi connectivity index (χ3v) is 3.17. The first-order chi connectivity index (χ1) is 9.18. The summed E-state index contributed by atoms with van der Waals surface area (Å²) in [4.78, 5) is 0. The molecule has 0 saturated carbocycles. The van der Waals surface area contributed by atoms with Gasteiger partial charge in [-0.2, -0.15) is 0 Å². The van der Waals surface area contributed by atoms with Crippen molar-refractivity contribution in [3.05, 3.63) is 29.8 Å². The van der Waals surface area contributed by atoms with E-state index in [4.69, 9.17) is 4.74 Å². The van der Waals surface area contributed by atoms with Gasteiger partial charge in [0.1, 0.15) is 5.75 Å². The van der Waals surface area contributed by atoms with Crippen LogP contribution in [0.5, 0.6) is 5.75 Å². The van der Waals surface area contributed by atoms with Crippen molar-refractivity contribution in [3.63, 3.8) is 0 Å². The fourth-order valence-electron chi connectivity index (χ4n) is 1.96. The third-order valence-electron chi connectivity index (χ3n) is 3.17. The third kappa shape index (κ3) is 3.87. The van der Waals surface area contributed by atoms with Crippen LogP contribution in [-0.2, 0) is 5.41 Å². The van der Waals surface area contributed by atoms with Crippen LogP contribution in [0.2, 0.25) is 0 Å². The Balaban J connectivity index is 3.50. The molecule has 3 nitrogen and oxygen atoms in total. The number of hydrogen-bond donors (Lipinski definition) is 2. The number of rotatable bonds is 5. The summed E-state index contributed by atoms with van der Waals surface area (Å²) < 4.78 is 5.73. The van der Waals surface area contributed by atoms with Gasteiger partial charge in [-0.15, -0.1) is 0 Å². The smallest absolute Gasteiger partial charge is 0.492 e. The van der Waals surface area contributed by atoms with Gasteiger partial charge >= 0.3 is 7.12 Å². The first-order valence-corrected chi connectivity index (χ1v) is 7.01. The molecule has 0 aliphatic rings. The number of allylic oxidation sites excluding steroid dienone is 1. The minimum atomic E-state index is -1.55. The van der Waals surface area contributed by atoms with Gasteiger partial charge in [0.15, 0.2) is 0 Å². The lowest BCUT2D eigenvalue weighted by molar-refractivity contribution is 0.316. The van der Waals surface area contributed by atoms with E-state index in [9.17, 15) is 10.0 Å². The van der Waals surface area contributed by atoms with E-state index in [0.29, 0.717) is 17.8 Å². The SMILES string of the molecule is C=C(C)c1cc(C(C)(C)C)cc(B(O)O)c1OCCC. The molecule has 0 atom stereocenters. The molecule has 1 aromatic carbocycles. The van der Waals surface area contributed by atoms with E-state index >= 15 is 0 Å². The zero-order chi connectivity index (χ0) is 15.5. The fraction of sp³-hybridized carbons (Fsp3) is 0.500. The Hall–Kier alpha value is -1.26. The van der Waals surface area contributed by atoms with Crippen molar-refractivity contribution < 1.29 is 14.8 Å². The zero-order valence-electron chi connectivity index (χ0n) is 13.2. The molecule has 0 aliphatic heterocycles. The molecule has 0 fully saturated rings. The van der Waals surface area contributed by atoms with Gasteiger partial charge in [-0.3, -0.25) is 0 Å². The molecule has 2 N–H and O–H groups in total. The van der Waals surface area contributed by atoms with E-state index in [0.717, 1.165) is 23.1 Å². The van der Waals surface area contributed by atoms with Crippen molar-refractivity contribution in [1.82, 2.24) is 0 Å². The molecule has 0 amide bonds. The first kappa shape index (κ1) is 16.8. The highest BCUT2D eigenvalue weighted by Gasteiger charge is 2.25. The Bertz CT molecular complexity index is 487.